The summed E-state index contributed by atoms with van der Waals surface area (Å²) in [7, 11) is 0. The molecule has 0 amide bonds. The topological polar surface area (TPSA) is 55.9 Å². The Balaban J connectivity index is 1.74. The fourth-order valence-electron chi connectivity index (χ4n) is 2.19. The molecule has 0 aliphatic carbocycles. The van der Waals surface area contributed by atoms with E-state index < -0.39 is 11.7 Å². The van der Waals surface area contributed by atoms with Gasteiger partial charge in [0.25, 0.3) is 0 Å². The summed E-state index contributed by atoms with van der Waals surface area (Å²) >= 11 is 0. The molecule has 2 heterocycles. The Morgan fingerprint density at radius 2 is 2.00 bits per heavy atom. The van der Waals surface area contributed by atoms with Gasteiger partial charge in [-0.15, -0.1) is 0 Å². The highest BCUT2D eigenvalue weighted by Crippen LogP contribution is 2.39. The Kier molecular flexibility index (Phi) is 2.35. The quantitative estimate of drug-likeness (QED) is 0.459. The van der Waals surface area contributed by atoms with E-state index in [1.54, 1.807) is 25.1 Å². The van der Waals surface area contributed by atoms with Gasteiger partial charge in [0.05, 0.1) is 0 Å². The van der Waals surface area contributed by atoms with Crippen molar-refractivity contribution in [1.29, 1.82) is 0 Å². The molecule has 3 rings (SSSR count). The van der Waals surface area contributed by atoms with Gasteiger partial charge >= 0.3 is 5.97 Å². The number of esters is 1. The number of ketones is 1. The van der Waals surface area contributed by atoms with Crippen molar-refractivity contribution < 1.29 is 19.1 Å². The van der Waals surface area contributed by atoms with Gasteiger partial charge in [-0.1, -0.05) is 30.3 Å². The van der Waals surface area contributed by atoms with Crippen LogP contribution in [0.5, 0.6) is 0 Å². The third kappa shape index (κ3) is 1.75. The number of cyclic esters (lactones) is 1. The van der Waals surface area contributed by atoms with Crippen molar-refractivity contribution in [2.75, 3.05) is 0 Å². The van der Waals surface area contributed by atoms with Crippen molar-refractivity contribution in [2.45, 2.75) is 24.7 Å². The summed E-state index contributed by atoms with van der Waals surface area (Å²) in [6, 6.07) is 8.97. The molecule has 1 aromatic rings. The maximum Gasteiger partial charge on any atom is 0.331 e. The van der Waals surface area contributed by atoms with E-state index in [0.29, 0.717) is 5.56 Å². The van der Waals surface area contributed by atoms with Gasteiger partial charge in [0.15, 0.2) is 17.5 Å². The lowest BCUT2D eigenvalue weighted by atomic mass is 9.96. The van der Waals surface area contributed by atoms with Crippen molar-refractivity contribution in [1.82, 2.24) is 0 Å². The predicted molar refractivity (Wildman–Crippen MR) is 63.1 cm³/mol. The van der Waals surface area contributed by atoms with E-state index in [2.05, 4.69) is 0 Å². The number of epoxide rings is 1. The third-order valence-corrected chi connectivity index (χ3v) is 3.24. The molecule has 1 fully saturated rings. The van der Waals surface area contributed by atoms with Gasteiger partial charge < -0.3 is 9.47 Å². The molecule has 1 aromatic carbocycles. The normalized spacial score (nSPS) is 33.3. The molecule has 2 unspecified atom stereocenters. The highest BCUT2D eigenvalue weighted by atomic mass is 16.6. The number of carbonyl (C=O) groups excluding carboxylic acids is 2. The number of benzene rings is 1. The van der Waals surface area contributed by atoms with Gasteiger partial charge in [-0.2, -0.15) is 0 Å². The van der Waals surface area contributed by atoms with Crippen LogP contribution in [-0.2, 0) is 14.3 Å². The van der Waals surface area contributed by atoms with E-state index in [1.807, 2.05) is 18.2 Å². The summed E-state index contributed by atoms with van der Waals surface area (Å²) in [5.74, 6) is -0.461. The molecule has 4 heteroatoms. The lowest BCUT2D eigenvalue weighted by Gasteiger charge is -2.18. The zero-order valence-corrected chi connectivity index (χ0v) is 9.83. The van der Waals surface area contributed by atoms with Crippen molar-refractivity contribution in [2.24, 2.45) is 0 Å². The van der Waals surface area contributed by atoms with Gasteiger partial charge in [0, 0.05) is 11.6 Å². The largest absolute Gasteiger partial charge is 0.449 e. The van der Waals surface area contributed by atoms with Crippen LogP contribution in [0.1, 0.15) is 17.3 Å². The van der Waals surface area contributed by atoms with Gasteiger partial charge in [0.1, 0.15) is 6.10 Å². The third-order valence-electron chi connectivity index (χ3n) is 3.24. The first-order valence-corrected chi connectivity index (χ1v) is 5.77. The molecular weight excluding hydrogens is 232 g/mol. The lowest BCUT2D eigenvalue weighted by Crippen LogP contribution is -2.33. The van der Waals surface area contributed by atoms with Gasteiger partial charge in [-0.3, -0.25) is 4.79 Å². The average molecular weight is 244 g/mol. The maximum atomic E-state index is 12.1. The Morgan fingerprint density at radius 1 is 1.28 bits per heavy atom. The number of hydrogen-bond donors (Lipinski definition) is 0. The molecule has 0 saturated carbocycles. The number of Topliss-reactive ketones (excluding diaryl/α,β-unsaturated/α-hetero) is 1. The Hall–Kier alpha value is -1.94. The van der Waals surface area contributed by atoms with E-state index in [-0.39, 0.29) is 17.9 Å². The van der Waals surface area contributed by atoms with Crippen molar-refractivity contribution >= 4 is 11.8 Å². The molecule has 92 valence electrons. The second-order valence-electron chi connectivity index (χ2n) is 4.65. The Morgan fingerprint density at radius 3 is 2.61 bits per heavy atom. The number of carbonyl (C=O) groups is 2. The fourth-order valence-corrected chi connectivity index (χ4v) is 2.19. The molecular formula is C14H12O4. The summed E-state index contributed by atoms with van der Waals surface area (Å²) in [5.41, 5.74) is -0.200. The van der Waals surface area contributed by atoms with Crippen molar-refractivity contribution in [3.63, 3.8) is 0 Å². The predicted octanol–water partition coefficient (Wildman–Crippen LogP) is 1.51. The summed E-state index contributed by atoms with van der Waals surface area (Å²) < 4.78 is 10.6. The van der Waals surface area contributed by atoms with Gasteiger partial charge in [0.2, 0.25) is 0 Å². The lowest BCUT2D eigenvalue weighted by molar-refractivity contribution is -0.145. The molecule has 4 nitrogen and oxygen atoms in total. The number of ether oxygens (including phenoxy) is 2. The first kappa shape index (κ1) is 11.2. The van der Waals surface area contributed by atoms with E-state index in [0.717, 1.165) is 0 Å². The summed E-state index contributed by atoms with van der Waals surface area (Å²) in [4.78, 5) is 23.2. The molecule has 0 N–H and O–H groups in total. The van der Waals surface area contributed by atoms with Crippen LogP contribution in [0.25, 0.3) is 0 Å². The van der Waals surface area contributed by atoms with Crippen LogP contribution in [0.3, 0.4) is 0 Å². The minimum Gasteiger partial charge on any atom is -0.449 e. The highest BCUT2D eigenvalue weighted by Gasteiger charge is 2.58. The first-order chi connectivity index (χ1) is 8.60. The van der Waals surface area contributed by atoms with E-state index in [4.69, 9.17) is 9.47 Å². The highest BCUT2D eigenvalue weighted by molar-refractivity contribution is 6.01. The van der Waals surface area contributed by atoms with Crippen LogP contribution in [0.2, 0.25) is 0 Å². The molecule has 0 spiro atoms. The molecule has 0 aromatic heterocycles. The molecule has 0 bridgehead atoms. The van der Waals surface area contributed by atoms with Crippen LogP contribution in [0, 0.1) is 0 Å². The second kappa shape index (κ2) is 3.78. The summed E-state index contributed by atoms with van der Waals surface area (Å²) in [5, 5.41) is 0. The minimum atomic E-state index is -0.813. The molecule has 3 atom stereocenters. The SMILES string of the molecule is C[C@]1(C2OC2C(=O)c2ccccc2)C=CC(=O)O1. The van der Waals surface area contributed by atoms with E-state index in [1.165, 1.54) is 6.08 Å². The minimum absolute atomic E-state index is 0.0711. The van der Waals surface area contributed by atoms with Gasteiger partial charge in [-0.05, 0) is 13.0 Å². The Bertz CT molecular complexity index is 534. The zero-order valence-electron chi connectivity index (χ0n) is 9.83. The standard InChI is InChI=1S/C14H12O4/c1-14(8-7-10(15)18-14)13-12(17-13)11(16)9-5-3-2-4-6-9/h2-8,12-13H,1H3/t12?,13?,14-/m1/s1. The summed E-state index contributed by atoms with van der Waals surface area (Å²) in [6.07, 6.45) is 2.12. The van der Waals surface area contributed by atoms with Gasteiger partial charge in [-0.25, -0.2) is 4.79 Å². The maximum absolute atomic E-state index is 12.1. The average Bonchev–Trinajstić information content (AvgIpc) is 3.11. The Labute approximate surface area is 104 Å². The number of rotatable bonds is 3. The summed E-state index contributed by atoms with van der Waals surface area (Å²) in [6.45, 7) is 1.75. The number of hydrogen-bond acceptors (Lipinski definition) is 4. The van der Waals surface area contributed by atoms with Crippen LogP contribution in [-0.4, -0.2) is 29.6 Å². The second-order valence-corrected chi connectivity index (χ2v) is 4.65. The molecule has 0 radical (unpaired) electrons. The molecule has 18 heavy (non-hydrogen) atoms. The van der Waals surface area contributed by atoms with Crippen molar-refractivity contribution in [3.8, 4) is 0 Å². The molecule has 1 saturated heterocycles. The molecule has 2 aliphatic heterocycles. The first-order valence-electron chi connectivity index (χ1n) is 5.77. The van der Waals surface area contributed by atoms with Crippen LogP contribution >= 0.6 is 0 Å². The zero-order chi connectivity index (χ0) is 12.8. The van der Waals surface area contributed by atoms with E-state index >= 15 is 0 Å². The molecule has 2 aliphatic rings. The fraction of sp³-hybridized carbons (Fsp3) is 0.286. The van der Waals surface area contributed by atoms with Crippen LogP contribution in [0.4, 0.5) is 0 Å². The monoisotopic (exact) mass is 244 g/mol. The van der Waals surface area contributed by atoms with Crippen LogP contribution in [0.15, 0.2) is 42.5 Å². The van der Waals surface area contributed by atoms with E-state index in [9.17, 15) is 9.59 Å². The smallest absolute Gasteiger partial charge is 0.331 e. The van der Waals surface area contributed by atoms with Crippen molar-refractivity contribution in [3.05, 3.63) is 48.0 Å². The van der Waals surface area contributed by atoms with Crippen LogP contribution < -0.4 is 0 Å².